The molecule has 4 aromatic carbocycles. The summed E-state index contributed by atoms with van der Waals surface area (Å²) in [6.07, 6.45) is -0.418. The normalized spacial score (nSPS) is 17.3. The number of urea groups is 1. The van der Waals surface area contributed by atoms with Gasteiger partial charge < -0.3 is 56.2 Å². The third-order valence-electron chi connectivity index (χ3n) is 15.4. The number of halogens is 1. The monoisotopic (exact) mass is 1060 g/mol. The lowest BCUT2D eigenvalue weighted by Gasteiger charge is -2.31. The maximum atomic E-state index is 15.5. The van der Waals surface area contributed by atoms with Crippen molar-refractivity contribution in [3.63, 3.8) is 0 Å². The van der Waals surface area contributed by atoms with Crippen LogP contribution in [-0.4, -0.2) is 75.9 Å². The minimum absolute atomic E-state index is 0.0377. The Labute approximate surface area is 447 Å². The van der Waals surface area contributed by atoms with E-state index in [-0.39, 0.29) is 69.2 Å². The van der Waals surface area contributed by atoms with Crippen molar-refractivity contribution in [1.29, 1.82) is 0 Å². The third-order valence-corrected chi connectivity index (χ3v) is 15.4. The minimum atomic E-state index is -2.04. The average Bonchev–Trinajstić information content (AvgIpc) is 4.03. The number of aromatic nitrogens is 2. The van der Waals surface area contributed by atoms with E-state index in [1.165, 1.54) is 10.6 Å². The number of aliphatic hydroxyl groups is 1. The minimum Gasteiger partial charge on any atom is -0.458 e. The summed E-state index contributed by atoms with van der Waals surface area (Å²) in [4.78, 5) is 97.8. The van der Waals surface area contributed by atoms with Gasteiger partial charge in [-0.1, -0.05) is 81.4 Å². The Morgan fingerprint density at radius 3 is 2.29 bits per heavy atom. The van der Waals surface area contributed by atoms with Gasteiger partial charge in [-0.2, -0.15) is 0 Å². The van der Waals surface area contributed by atoms with E-state index < -0.39 is 77.0 Å². The molecule has 0 spiro atoms. The number of nitrogens with zero attached hydrogens (tertiary/aromatic N) is 2. The van der Waals surface area contributed by atoms with Crippen LogP contribution in [0.3, 0.4) is 0 Å². The van der Waals surface area contributed by atoms with Crippen molar-refractivity contribution in [1.82, 2.24) is 30.8 Å². The maximum Gasteiger partial charge on any atom is 0.407 e. The van der Waals surface area contributed by atoms with Gasteiger partial charge in [0.2, 0.25) is 11.8 Å². The second-order valence-electron chi connectivity index (χ2n) is 20.5. The SMILES string of the molecule is CC[C@@]1(O)C(=O)OCc2c1cc1n(c2=O)Cc2c-1nc1cc(F)c(C)c3c1c2[C@@H](NC(=O)OCc1ccc(NC(=O)[C@H](CCCNC(N)=O)NC(=O)[C@@H](NC(=O)OCC2c4ccccc4-c4ccccc42)C(C)C)cc1)CC3. The Morgan fingerprint density at radius 1 is 0.910 bits per heavy atom. The van der Waals surface area contributed by atoms with E-state index in [1.807, 2.05) is 48.5 Å². The van der Waals surface area contributed by atoms with Crippen LogP contribution >= 0.6 is 0 Å². The van der Waals surface area contributed by atoms with E-state index in [0.717, 1.165) is 27.8 Å². The van der Waals surface area contributed by atoms with Gasteiger partial charge in [0.15, 0.2) is 5.60 Å². The molecular formula is C58H59FN8O11. The second-order valence-corrected chi connectivity index (χ2v) is 20.5. The van der Waals surface area contributed by atoms with Crippen molar-refractivity contribution in [3.05, 3.63) is 151 Å². The molecule has 4 atom stereocenters. The van der Waals surface area contributed by atoms with Crippen LogP contribution in [0.15, 0.2) is 89.7 Å². The molecule has 2 aliphatic heterocycles. The highest BCUT2D eigenvalue weighted by atomic mass is 19.1. The zero-order valence-electron chi connectivity index (χ0n) is 43.4. The maximum absolute atomic E-state index is 15.5. The Kier molecular flexibility index (Phi) is 14.5. The lowest BCUT2D eigenvalue weighted by molar-refractivity contribution is -0.172. The molecule has 2 aromatic heterocycles. The molecule has 0 fully saturated rings. The first-order valence-corrected chi connectivity index (χ1v) is 26.1. The number of aryl methyl sites for hydroxylation is 1. The molecule has 78 heavy (non-hydrogen) atoms. The van der Waals surface area contributed by atoms with Gasteiger partial charge in [-0.3, -0.25) is 14.4 Å². The molecule has 10 rings (SSSR count). The molecule has 20 heteroatoms. The van der Waals surface area contributed by atoms with Crippen molar-refractivity contribution in [2.45, 2.75) is 109 Å². The molecule has 6 amide bonds. The molecule has 19 nitrogen and oxygen atoms in total. The molecule has 8 N–H and O–H groups in total. The van der Waals surface area contributed by atoms with Crippen LogP contribution in [0.5, 0.6) is 0 Å². The fourth-order valence-electron chi connectivity index (χ4n) is 11.3. The molecule has 0 radical (unpaired) electrons. The van der Waals surface area contributed by atoms with Crippen LogP contribution in [0.2, 0.25) is 0 Å². The molecule has 404 valence electrons. The highest BCUT2D eigenvalue weighted by Gasteiger charge is 2.46. The number of benzene rings is 4. The first-order chi connectivity index (χ1) is 37.4. The van der Waals surface area contributed by atoms with Crippen LogP contribution in [0.25, 0.3) is 33.4 Å². The molecular weight excluding hydrogens is 1000 g/mol. The quantitative estimate of drug-likeness (QED) is 0.0297. The van der Waals surface area contributed by atoms with Crippen LogP contribution in [0, 0.1) is 18.7 Å². The van der Waals surface area contributed by atoms with E-state index >= 15 is 4.39 Å². The Morgan fingerprint density at radius 2 is 1.62 bits per heavy atom. The lowest BCUT2D eigenvalue weighted by atomic mass is 9.81. The molecule has 0 saturated carbocycles. The zero-order chi connectivity index (χ0) is 55.2. The summed E-state index contributed by atoms with van der Waals surface area (Å²) in [5, 5.41) is 25.8. The Balaban J connectivity index is 0.791. The van der Waals surface area contributed by atoms with Gasteiger partial charge in [-0.25, -0.2) is 28.6 Å². The largest absolute Gasteiger partial charge is 0.458 e. The van der Waals surface area contributed by atoms with Gasteiger partial charge in [-0.05, 0) is 108 Å². The molecule has 4 heterocycles. The summed E-state index contributed by atoms with van der Waals surface area (Å²) >= 11 is 0. The van der Waals surface area contributed by atoms with Crippen LogP contribution < -0.4 is 37.9 Å². The molecule has 4 aliphatic rings. The number of carbonyl (C=O) groups excluding carboxylic acids is 6. The third kappa shape index (κ3) is 9.87. The fraction of sp³-hybridized carbons (Fsp3) is 0.345. The van der Waals surface area contributed by atoms with Crippen molar-refractivity contribution in [2.75, 3.05) is 18.5 Å². The number of alkyl carbamates (subject to hydrolysis) is 2. The van der Waals surface area contributed by atoms with Crippen molar-refractivity contribution in [3.8, 4) is 22.5 Å². The van der Waals surface area contributed by atoms with Gasteiger partial charge in [0, 0.05) is 40.7 Å². The number of carbonyl (C=O) groups is 6. The standard InChI is InChI=1S/C58H59FN8O11/c1-5-58(75)41-23-46-50-38(25-67(46)53(70)40(41)28-76-54(58)71)48-43(21-20-33-30(4)42(59)24-45(63-50)47(33)48)65-56(73)77-26-31-16-18-32(19-17-31)62-51(68)44(15-10-22-61-55(60)72)64-52(69)49(29(2)3)66-57(74)78-27-39-36-13-8-6-11-34(36)35-12-7-9-14-37(35)39/h6-9,11-14,16-19,23-24,29,39,43-44,49,75H,5,10,15,20-22,25-28H2,1-4H3,(H,62,68)(H,64,69)(H,65,73)(H,66,74)(H3,60,61,72)/t43-,44-,49-,58-/m0/s1. The number of anilines is 1. The second kappa shape index (κ2) is 21.4. The van der Waals surface area contributed by atoms with E-state index in [0.29, 0.717) is 63.1 Å². The number of hydrogen-bond donors (Lipinski definition) is 7. The van der Waals surface area contributed by atoms with Gasteiger partial charge in [-0.15, -0.1) is 0 Å². The van der Waals surface area contributed by atoms with Crippen LogP contribution in [-0.2, 0) is 60.4 Å². The topological polar surface area (TPSA) is 271 Å². The van der Waals surface area contributed by atoms with Gasteiger partial charge in [0.05, 0.1) is 35.1 Å². The molecule has 6 aromatic rings. The summed E-state index contributed by atoms with van der Waals surface area (Å²) in [7, 11) is 0. The summed E-state index contributed by atoms with van der Waals surface area (Å²) in [5.74, 6) is -3.10. The number of nitrogens with two attached hydrogens (primary N) is 1. The number of amides is 6. The van der Waals surface area contributed by atoms with Gasteiger partial charge in [0.1, 0.15) is 37.7 Å². The summed E-state index contributed by atoms with van der Waals surface area (Å²) < 4.78 is 33.6. The molecule has 0 saturated heterocycles. The molecule has 2 aliphatic carbocycles. The Hall–Kier alpha value is -8.65. The van der Waals surface area contributed by atoms with E-state index in [1.54, 1.807) is 58.0 Å². The van der Waals surface area contributed by atoms with Crippen LogP contribution in [0.4, 0.5) is 24.5 Å². The highest BCUT2D eigenvalue weighted by molar-refractivity contribution is 5.98. The van der Waals surface area contributed by atoms with E-state index in [2.05, 4.69) is 26.6 Å². The number of nitrogens with one attached hydrogen (secondary N) is 5. The number of primary amides is 1. The van der Waals surface area contributed by atoms with Crippen molar-refractivity contribution < 1.29 is 52.5 Å². The molecule has 0 bridgehead atoms. The number of pyridine rings is 2. The Bertz CT molecular complexity index is 3460. The number of hydrogen-bond acceptors (Lipinski definition) is 12. The smallest absolute Gasteiger partial charge is 0.407 e. The summed E-state index contributed by atoms with van der Waals surface area (Å²) in [6.45, 7) is 6.59. The summed E-state index contributed by atoms with van der Waals surface area (Å²) in [5.41, 5.74) is 11.8. The first-order valence-electron chi connectivity index (χ1n) is 26.1. The lowest BCUT2D eigenvalue weighted by Crippen LogP contribution is -2.54. The van der Waals surface area contributed by atoms with E-state index in [4.69, 9.17) is 24.9 Å². The molecule has 0 unspecified atom stereocenters. The number of ether oxygens (including phenoxy) is 3. The number of rotatable bonds is 16. The van der Waals surface area contributed by atoms with Crippen LogP contribution in [0.1, 0.15) is 108 Å². The predicted molar refractivity (Wildman–Crippen MR) is 284 cm³/mol. The van der Waals surface area contributed by atoms with E-state index in [9.17, 15) is 38.7 Å². The van der Waals surface area contributed by atoms with Gasteiger partial charge >= 0.3 is 24.2 Å². The highest BCUT2D eigenvalue weighted by Crippen LogP contribution is 2.47. The number of fused-ring (bicyclic) bond motifs is 8. The average molecular weight is 1060 g/mol. The first kappa shape index (κ1) is 52.8. The summed E-state index contributed by atoms with van der Waals surface area (Å²) in [6, 6.07) is 21.8. The van der Waals surface area contributed by atoms with Crippen molar-refractivity contribution >= 4 is 52.6 Å². The van der Waals surface area contributed by atoms with Crippen molar-refractivity contribution in [2.24, 2.45) is 11.7 Å². The van der Waals surface area contributed by atoms with Gasteiger partial charge in [0.25, 0.3) is 5.56 Å². The number of cyclic esters (lactones) is 1. The number of esters is 1. The predicted octanol–water partition coefficient (Wildman–Crippen LogP) is 6.88. The fourth-order valence-corrected chi connectivity index (χ4v) is 11.3. The zero-order valence-corrected chi connectivity index (χ0v) is 43.4.